The fraction of sp³-hybridized carbons (Fsp3) is 0.846. The highest BCUT2D eigenvalue weighted by atomic mass is 16.4. The standard InChI is InChI=1S/C13H24N2O3/c1-13(2,14-3)12(18)15-8-9-6-4-5-7-10(9)11(16)17/h9-10,14H,4-8H2,1-3H3,(H,15,18)(H,16,17). The number of aliphatic carboxylic acids is 1. The Morgan fingerprint density at radius 1 is 1.28 bits per heavy atom. The molecular weight excluding hydrogens is 232 g/mol. The van der Waals surface area contributed by atoms with Crippen LogP contribution in [0.1, 0.15) is 39.5 Å². The Morgan fingerprint density at radius 2 is 1.89 bits per heavy atom. The quantitative estimate of drug-likeness (QED) is 0.685. The molecule has 2 unspecified atom stereocenters. The lowest BCUT2D eigenvalue weighted by atomic mass is 9.79. The number of hydrogen-bond acceptors (Lipinski definition) is 3. The predicted octanol–water partition coefficient (Wildman–Crippen LogP) is 0.992. The molecule has 0 aliphatic heterocycles. The maximum atomic E-state index is 11.9. The van der Waals surface area contributed by atoms with Gasteiger partial charge >= 0.3 is 5.97 Å². The van der Waals surface area contributed by atoms with E-state index in [0.717, 1.165) is 25.7 Å². The monoisotopic (exact) mass is 256 g/mol. The Hall–Kier alpha value is -1.10. The Kier molecular flexibility index (Phi) is 5.14. The zero-order valence-corrected chi connectivity index (χ0v) is 11.5. The normalized spacial score (nSPS) is 24.6. The van der Waals surface area contributed by atoms with Crippen LogP contribution in [0.4, 0.5) is 0 Å². The highest BCUT2D eigenvalue weighted by Gasteiger charge is 2.32. The average molecular weight is 256 g/mol. The second-order valence-electron chi connectivity index (χ2n) is 5.57. The number of carboxylic acids is 1. The fourth-order valence-corrected chi connectivity index (χ4v) is 2.34. The van der Waals surface area contributed by atoms with Gasteiger partial charge in [-0.2, -0.15) is 0 Å². The van der Waals surface area contributed by atoms with Gasteiger partial charge in [-0.1, -0.05) is 12.8 Å². The van der Waals surface area contributed by atoms with Crippen molar-refractivity contribution in [2.75, 3.05) is 13.6 Å². The molecular formula is C13H24N2O3. The van der Waals surface area contributed by atoms with Crippen LogP contribution in [0.2, 0.25) is 0 Å². The summed E-state index contributed by atoms with van der Waals surface area (Å²) in [6, 6.07) is 0. The molecule has 0 aromatic rings. The summed E-state index contributed by atoms with van der Waals surface area (Å²) in [5.74, 6) is -1.06. The molecule has 0 spiro atoms. The van der Waals surface area contributed by atoms with Crippen LogP contribution in [0.3, 0.4) is 0 Å². The van der Waals surface area contributed by atoms with Crippen LogP contribution in [0.25, 0.3) is 0 Å². The number of carbonyl (C=O) groups excluding carboxylic acids is 1. The van der Waals surface area contributed by atoms with Gasteiger partial charge in [0.2, 0.25) is 5.91 Å². The molecule has 1 rings (SSSR count). The molecule has 5 nitrogen and oxygen atoms in total. The van der Waals surface area contributed by atoms with Crippen LogP contribution in [0, 0.1) is 11.8 Å². The van der Waals surface area contributed by atoms with Crippen molar-refractivity contribution in [2.45, 2.75) is 45.1 Å². The van der Waals surface area contributed by atoms with Gasteiger partial charge in [0.05, 0.1) is 11.5 Å². The first-order valence-electron chi connectivity index (χ1n) is 6.58. The lowest BCUT2D eigenvalue weighted by Gasteiger charge is -2.30. The number of likely N-dealkylation sites (N-methyl/N-ethyl adjacent to an activating group) is 1. The van der Waals surface area contributed by atoms with Crippen molar-refractivity contribution in [3.05, 3.63) is 0 Å². The smallest absolute Gasteiger partial charge is 0.306 e. The highest BCUT2D eigenvalue weighted by Crippen LogP contribution is 2.29. The maximum absolute atomic E-state index is 11.9. The first-order chi connectivity index (χ1) is 8.38. The van der Waals surface area contributed by atoms with E-state index < -0.39 is 11.5 Å². The zero-order valence-electron chi connectivity index (χ0n) is 11.5. The average Bonchev–Trinajstić information content (AvgIpc) is 2.36. The second kappa shape index (κ2) is 6.18. The second-order valence-corrected chi connectivity index (χ2v) is 5.57. The van der Waals surface area contributed by atoms with E-state index in [1.807, 2.05) is 0 Å². The molecule has 1 saturated carbocycles. The van der Waals surface area contributed by atoms with E-state index in [4.69, 9.17) is 5.11 Å². The Bertz CT molecular complexity index is 315. The lowest BCUT2D eigenvalue weighted by Crippen LogP contribution is -2.52. The topological polar surface area (TPSA) is 78.4 Å². The molecule has 0 bridgehead atoms. The third kappa shape index (κ3) is 3.70. The molecule has 1 amide bonds. The van der Waals surface area contributed by atoms with E-state index in [9.17, 15) is 9.59 Å². The van der Waals surface area contributed by atoms with Crippen LogP contribution in [0.15, 0.2) is 0 Å². The molecule has 3 N–H and O–H groups in total. The van der Waals surface area contributed by atoms with Crippen molar-refractivity contribution in [1.29, 1.82) is 0 Å². The molecule has 18 heavy (non-hydrogen) atoms. The van der Waals surface area contributed by atoms with Crippen molar-refractivity contribution in [3.8, 4) is 0 Å². The molecule has 1 aliphatic carbocycles. The summed E-state index contributed by atoms with van der Waals surface area (Å²) in [7, 11) is 1.74. The largest absolute Gasteiger partial charge is 0.481 e. The third-order valence-corrected chi connectivity index (χ3v) is 3.94. The molecule has 0 saturated heterocycles. The summed E-state index contributed by atoms with van der Waals surface area (Å²) < 4.78 is 0. The van der Waals surface area contributed by atoms with Gasteiger partial charge in [0, 0.05) is 6.54 Å². The number of carboxylic acid groups (broad SMARTS) is 1. The fourth-order valence-electron chi connectivity index (χ4n) is 2.34. The van der Waals surface area contributed by atoms with E-state index in [-0.39, 0.29) is 17.7 Å². The van der Waals surface area contributed by atoms with E-state index >= 15 is 0 Å². The van der Waals surface area contributed by atoms with Gasteiger partial charge in [-0.3, -0.25) is 9.59 Å². The SMILES string of the molecule is CNC(C)(C)C(=O)NCC1CCCCC1C(=O)O. The Labute approximate surface area is 108 Å². The lowest BCUT2D eigenvalue weighted by molar-refractivity contribution is -0.145. The van der Waals surface area contributed by atoms with Gasteiger partial charge in [-0.05, 0) is 39.7 Å². The number of rotatable bonds is 5. The zero-order chi connectivity index (χ0) is 13.8. The summed E-state index contributed by atoms with van der Waals surface area (Å²) in [5, 5.41) is 15.0. The number of carbonyl (C=O) groups is 2. The molecule has 1 fully saturated rings. The van der Waals surface area contributed by atoms with Crippen molar-refractivity contribution in [2.24, 2.45) is 11.8 Å². The van der Waals surface area contributed by atoms with Gasteiger partial charge in [0.25, 0.3) is 0 Å². The molecule has 0 radical (unpaired) electrons. The van der Waals surface area contributed by atoms with Crippen LogP contribution in [0.5, 0.6) is 0 Å². The third-order valence-electron chi connectivity index (χ3n) is 3.94. The van der Waals surface area contributed by atoms with Crippen LogP contribution < -0.4 is 10.6 Å². The summed E-state index contributed by atoms with van der Waals surface area (Å²) >= 11 is 0. The Morgan fingerprint density at radius 3 is 2.44 bits per heavy atom. The van der Waals surface area contributed by atoms with Crippen molar-refractivity contribution < 1.29 is 14.7 Å². The van der Waals surface area contributed by atoms with Gasteiger partial charge < -0.3 is 15.7 Å². The highest BCUT2D eigenvalue weighted by molar-refractivity contribution is 5.85. The minimum Gasteiger partial charge on any atom is -0.481 e. The molecule has 5 heteroatoms. The van der Waals surface area contributed by atoms with Crippen molar-refractivity contribution >= 4 is 11.9 Å². The summed E-state index contributed by atoms with van der Waals surface area (Å²) in [6.07, 6.45) is 3.64. The van der Waals surface area contributed by atoms with Gasteiger partial charge in [0.1, 0.15) is 0 Å². The van der Waals surface area contributed by atoms with E-state index in [0.29, 0.717) is 6.54 Å². The van der Waals surface area contributed by atoms with E-state index in [1.54, 1.807) is 20.9 Å². The molecule has 1 aliphatic rings. The molecule has 0 aromatic heterocycles. The molecule has 2 atom stereocenters. The predicted molar refractivity (Wildman–Crippen MR) is 69.2 cm³/mol. The minimum atomic E-state index is -0.734. The van der Waals surface area contributed by atoms with Crippen LogP contribution >= 0.6 is 0 Å². The number of nitrogens with one attached hydrogen (secondary N) is 2. The molecule has 104 valence electrons. The molecule has 0 heterocycles. The molecule has 0 aromatic carbocycles. The van der Waals surface area contributed by atoms with Gasteiger partial charge in [-0.25, -0.2) is 0 Å². The number of hydrogen-bond donors (Lipinski definition) is 3. The first kappa shape index (κ1) is 15.0. The Balaban J connectivity index is 2.51. The first-order valence-corrected chi connectivity index (χ1v) is 6.58. The van der Waals surface area contributed by atoms with E-state index in [1.165, 1.54) is 0 Å². The van der Waals surface area contributed by atoms with Gasteiger partial charge in [-0.15, -0.1) is 0 Å². The van der Waals surface area contributed by atoms with E-state index in [2.05, 4.69) is 10.6 Å². The van der Waals surface area contributed by atoms with Crippen LogP contribution in [-0.2, 0) is 9.59 Å². The number of amides is 1. The minimum absolute atomic E-state index is 0.0628. The summed E-state index contributed by atoms with van der Waals surface area (Å²) in [6.45, 7) is 4.07. The van der Waals surface area contributed by atoms with Crippen molar-refractivity contribution in [1.82, 2.24) is 10.6 Å². The van der Waals surface area contributed by atoms with Gasteiger partial charge in [0.15, 0.2) is 0 Å². The maximum Gasteiger partial charge on any atom is 0.306 e. The summed E-state index contributed by atoms with van der Waals surface area (Å²) in [4.78, 5) is 23.0. The van der Waals surface area contributed by atoms with Crippen molar-refractivity contribution in [3.63, 3.8) is 0 Å². The van der Waals surface area contributed by atoms with Crippen LogP contribution in [-0.4, -0.2) is 36.1 Å². The summed E-state index contributed by atoms with van der Waals surface area (Å²) in [5.41, 5.74) is -0.618.